The second-order valence-corrected chi connectivity index (χ2v) is 6.89. The largest absolute Gasteiger partial charge is 0.338 e. The van der Waals surface area contributed by atoms with Crippen molar-refractivity contribution in [3.8, 4) is 0 Å². The van der Waals surface area contributed by atoms with Crippen molar-refractivity contribution in [1.29, 1.82) is 0 Å². The minimum absolute atomic E-state index is 0.0299. The molecule has 0 radical (unpaired) electrons. The quantitative estimate of drug-likeness (QED) is 0.675. The topological polar surface area (TPSA) is 34.0 Å². The van der Waals surface area contributed by atoms with Gasteiger partial charge in [-0.25, -0.2) is 0 Å². The Balaban J connectivity index is 1.76. The molecule has 0 aliphatic heterocycles. The van der Waals surface area contributed by atoms with Gasteiger partial charge < -0.3 is 9.88 Å². The van der Waals surface area contributed by atoms with Gasteiger partial charge in [-0.1, -0.05) is 35.8 Å². The van der Waals surface area contributed by atoms with E-state index in [9.17, 15) is 4.79 Å². The monoisotopic (exact) mass is 370 g/mol. The van der Waals surface area contributed by atoms with E-state index < -0.39 is 0 Å². The zero-order valence-electron chi connectivity index (χ0n) is 13.2. The summed E-state index contributed by atoms with van der Waals surface area (Å²) in [6, 6.07) is 16.1. The van der Waals surface area contributed by atoms with Gasteiger partial charge >= 0.3 is 0 Å². The molecule has 23 heavy (non-hydrogen) atoms. The summed E-state index contributed by atoms with van der Waals surface area (Å²) < 4.78 is 2.97. The summed E-state index contributed by atoms with van der Waals surface area (Å²) in [6.07, 6.45) is 1.97. The number of aromatic nitrogens is 1. The van der Waals surface area contributed by atoms with Crippen LogP contribution in [0, 0.1) is 0 Å². The van der Waals surface area contributed by atoms with Gasteiger partial charge in [0.05, 0.1) is 0 Å². The van der Waals surface area contributed by atoms with E-state index in [1.54, 1.807) is 0 Å². The van der Waals surface area contributed by atoms with E-state index >= 15 is 0 Å². The molecule has 0 aliphatic rings. The van der Waals surface area contributed by atoms with Crippen molar-refractivity contribution >= 4 is 38.4 Å². The second kappa shape index (κ2) is 6.59. The van der Waals surface area contributed by atoms with Crippen LogP contribution in [0.15, 0.2) is 59.2 Å². The summed E-state index contributed by atoms with van der Waals surface area (Å²) in [6.45, 7) is 4.67. The highest BCUT2D eigenvalue weighted by Gasteiger charge is 2.08. The summed E-state index contributed by atoms with van der Waals surface area (Å²) in [4.78, 5) is 12.2. The lowest BCUT2D eigenvalue weighted by atomic mass is 10.0. The lowest BCUT2D eigenvalue weighted by molar-refractivity contribution is -0.116. The van der Waals surface area contributed by atoms with E-state index in [-0.39, 0.29) is 5.91 Å². The van der Waals surface area contributed by atoms with Crippen LogP contribution in [0.3, 0.4) is 0 Å². The number of fused-ring (bicyclic) bond motifs is 1. The van der Waals surface area contributed by atoms with Crippen molar-refractivity contribution in [2.45, 2.75) is 26.3 Å². The first-order valence-electron chi connectivity index (χ1n) is 7.67. The van der Waals surface area contributed by atoms with Gasteiger partial charge in [-0.05, 0) is 59.3 Å². The van der Waals surface area contributed by atoms with Gasteiger partial charge in [-0.2, -0.15) is 0 Å². The number of carbonyl (C=O) groups is 1. The Morgan fingerprint density at radius 1 is 1.13 bits per heavy atom. The van der Waals surface area contributed by atoms with Crippen LogP contribution in [0.2, 0.25) is 0 Å². The maximum absolute atomic E-state index is 12.2. The zero-order chi connectivity index (χ0) is 16.4. The molecule has 0 fully saturated rings. The maximum Gasteiger partial charge on any atom is 0.244 e. The molecule has 0 unspecified atom stereocenters. The van der Waals surface area contributed by atoms with Crippen LogP contribution in [0.25, 0.3) is 10.9 Å². The summed E-state index contributed by atoms with van der Waals surface area (Å²) in [5.41, 5.74) is 3.20. The molecule has 2 aromatic carbocycles. The van der Waals surface area contributed by atoms with Gasteiger partial charge in [0.25, 0.3) is 0 Å². The smallest absolute Gasteiger partial charge is 0.244 e. The Labute approximate surface area is 144 Å². The molecule has 0 atom stereocenters. The van der Waals surface area contributed by atoms with Crippen molar-refractivity contribution in [1.82, 2.24) is 4.57 Å². The first-order valence-corrected chi connectivity index (χ1v) is 8.46. The van der Waals surface area contributed by atoms with Gasteiger partial charge in [-0.15, -0.1) is 0 Å². The van der Waals surface area contributed by atoms with Crippen LogP contribution >= 0.6 is 15.9 Å². The van der Waals surface area contributed by atoms with E-state index in [0.717, 1.165) is 15.7 Å². The number of rotatable bonds is 4. The van der Waals surface area contributed by atoms with Crippen LogP contribution in [0.4, 0.5) is 5.69 Å². The van der Waals surface area contributed by atoms with E-state index in [1.165, 1.54) is 10.9 Å². The lowest BCUT2D eigenvalue weighted by Crippen LogP contribution is -2.18. The average molecular weight is 371 g/mol. The number of nitrogens with one attached hydrogen (secondary N) is 1. The third kappa shape index (κ3) is 3.64. The third-order valence-electron chi connectivity index (χ3n) is 3.90. The zero-order valence-corrected chi connectivity index (χ0v) is 14.8. The highest BCUT2D eigenvalue weighted by atomic mass is 79.9. The fraction of sp³-hybridized carbons (Fsp3) is 0.211. The number of carbonyl (C=O) groups excluding carboxylic acids is 1. The summed E-state index contributed by atoms with van der Waals surface area (Å²) >= 11 is 3.39. The molecule has 0 bridgehead atoms. The molecule has 3 rings (SSSR count). The van der Waals surface area contributed by atoms with Crippen molar-refractivity contribution in [3.63, 3.8) is 0 Å². The first-order chi connectivity index (χ1) is 11.0. The Hall–Kier alpha value is -2.07. The van der Waals surface area contributed by atoms with Crippen molar-refractivity contribution < 1.29 is 4.79 Å². The van der Waals surface area contributed by atoms with Gasteiger partial charge in [0, 0.05) is 21.9 Å². The Kier molecular flexibility index (Phi) is 4.53. The highest BCUT2D eigenvalue weighted by Crippen LogP contribution is 2.22. The molecular weight excluding hydrogens is 352 g/mol. The van der Waals surface area contributed by atoms with Gasteiger partial charge in [0.15, 0.2) is 0 Å². The molecule has 1 amide bonds. The predicted octanol–water partition coefficient (Wildman–Crippen LogP) is 5.17. The third-order valence-corrected chi connectivity index (χ3v) is 4.43. The molecule has 0 spiro atoms. The summed E-state index contributed by atoms with van der Waals surface area (Å²) in [7, 11) is 0. The van der Waals surface area contributed by atoms with E-state index in [2.05, 4.69) is 59.4 Å². The Bertz CT molecular complexity index is 834. The number of anilines is 1. The molecule has 1 heterocycles. The fourth-order valence-electron chi connectivity index (χ4n) is 2.60. The minimum Gasteiger partial charge on any atom is -0.338 e. The summed E-state index contributed by atoms with van der Waals surface area (Å²) in [5.74, 6) is 0.473. The molecule has 3 nitrogen and oxygen atoms in total. The van der Waals surface area contributed by atoms with Crippen molar-refractivity contribution in [2.75, 3.05) is 5.32 Å². The maximum atomic E-state index is 12.2. The molecule has 4 heteroatoms. The normalized spacial score (nSPS) is 11.1. The highest BCUT2D eigenvalue weighted by molar-refractivity contribution is 9.10. The van der Waals surface area contributed by atoms with Crippen molar-refractivity contribution in [3.05, 3.63) is 64.8 Å². The fourth-order valence-corrected chi connectivity index (χ4v) is 2.87. The average Bonchev–Trinajstić information content (AvgIpc) is 2.92. The molecule has 0 aliphatic carbocycles. The molecule has 1 aromatic heterocycles. The Morgan fingerprint density at radius 2 is 1.87 bits per heavy atom. The SMILES string of the molecule is CC(C)c1ccc2c(ccn2CC(=O)Nc2ccc(Br)cc2)c1. The lowest BCUT2D eigenvalue weighted by Gasteiger charge is -2.09. The minimum atomic E-state index is -0.0299. The molecule has 3 aromatic rings. The summed E-state index contributed by atoms with van der Waals surface area (Å²) in [5, 5.41) is 4.09. The van der Waals surface area contributed by atoms with Crippen LogP contribution in [0.5, 0.6) is 0 Å². The van der Waals surface area contributed by atoms with Crippen molar-refractivity contribution in [2.24, 2.45) is 0 Å². The predicted molar refractivity (Wildman–Crippen MR) is 98.8 cm³/mol. The molecule has 1 N–H and O–H groups in total. The number of halogens is 1. The number of amides is 1. The molecule has 118 valence electrons. The van der Waals surface area contributed by atoms with Crippen LogP contribution in [0.1, 0.15) is 25.3 Å². The molecule has 0 saturated carbocycles. The van der Waals surface area contributed by atoms with Gasteiger partial charge in [0.1, 0.15) is 6.54 Å². The van der Waals surface area contributed by atoms with Crippen LogP contribution in [-0.4, -0.2) is 10.5 Å². The number of benzene rings is 2. The first kappa shape index (κ1) is 15.8. The number of nitrogens with zero attached hydrogens (tertiary/aromatic N) is 1. The van der Waals surface area contributed by atoms with E-state index in [0.29, 0.717) is 12.5 Å². The van der Waals surface area contributed by atoms with Crippen LogP contribution in [-0.2, 0) is 11.3 Å². The van der Waals surface area contributed by atoms with Crippen LogP contribution < -0.4 is 5.32 Å². The van der Waals surface area contributed by atoms with E-state index in [4.69, 9.17) is 0 Å². The second-order valence-electron chi connectivity index (χ2n) is 5.97. The standard InChI is InChI=1S/C19H19BrN2O/c1-13(2)14-3-8-18-15(11-14)9-10-22(18)12-19(23)21-17-6-4-16(20)5-7-17/h3-11,13H,12H2,1-2H3,(H,21,23). The Morgan fingerprint density at radius 3 is 2.57 bits per heavy atom. The number of hydrogen-bond acceptors (Lipinski definition) is 1. The molecule has 0 saturated heterocycles. The van der Waals surface area contributed by atoms with E-state index in [1.807, 2.05) is 35.0 Å². The molecular formula is C19H19BrN2O. The van der Waals surface area contributed by atoms with Gasteiger partial charge in [-0.3, -0.25) is 4.79 Å². The van der Waals surface area contributed by atoms with Gasteiger partial charge in [0.2, 0.25) is 5.91 Å². The number of hydrogen-bond donors (Lipinski definition) is 1.